The predicted octanol–water partition coefficient (Wildman–Crippen LogP) is 3.39. The Hall–Kier alpha value is -0.940. The number of halogens is 4. The summed E-state index contributed by atoms with van der Waals surface area (Å²) in [5.41, 5.74) is 0.614. The molecular formula is C11H13ClF3NO. The average Bonchev–Trinajstić information content (AvgIpc) is 2.23. The smallest absolute Gasteiger partial charge is 0.422 e. The van der Waals surface area contributed by atoms with E-state index in [0.29, 0.717) is 23.7 Å². The second-order valence-corrected chi connectivity index (χ2v) is 3.87. The minimum absolute atomic E-state index is 0.202. The molecule has 2 nitrogen and oxygen atoms in total. The standard InChI is InChI=1S/C11H13ClF3NO/c1-2-16-6-8-5-9(12)3-4-10(8)17-7-11(13,14)15/h3-5,16H,2,6-7H2,1H3. The lowest BCUT2D eigenvalue weighted by Crippen LogP contribution is -2.20. The van der Waals surface area contributed by atoms with E-state index in [1.165, 1.54) is 12.1 Å². The molecule has 0 atom stereocenters. The molecule has 0 saturated carbocycles. The van der Waals surface area contributed by atoms with Crippen LogP contribution >= 0.6 is 11.6 Å². The Balaban J connectivity index is 2.75. The van der Waals surface area contributed by atoms with Crippen LogP contribution in [0.5, 0.6) is 5.75 Å². The third-order valence-corrected chi connectivity index (χ3v) is 2.21. The molecule has 96 valence electrons. The molecule has 17 heavy (non-hydrogen) atoms. The predicted molar refractivity (Wildman–Crippen MR) is 60.4 cm³/mol. The first kappa shape index (κ1) is 14.1. The van der Waals surface area contributed by atoms with Crippen molar-refractivity contribution in [2.45, 2.75) is 19.6 Å². The first-order valence-corrected chi connectivity index (χ1v) is 5.49. The van der Waals surface area contributed by atoms with Crippen molar-refractivity contribution in [1.82, 2.24) is 5.32 Å². The maximum Gasteiger partial charge on any atom is 0.422 e. The molecular weight excluding hydrogens is 255 g/mol. The number of alkyl halides is 3. The van der Waals surface area contributed by atoms with E-state index in [9.17, 15) is 13.2 Å². The summed E-state index contributed by atoms with van der Waals surface area (Å²) in [7, 11) is 0. The second kappa shape index (κ2) is 6.12. The van der Waals surface area contributed by atoms with Crippen LogP contribution in [-0.4, -0.2) is 19.3 Å². The van der Waals surface area contributed by atoms with Gasteiger partial charge in [-0.2, -0.15) is 13.2 Å². The highest BCUT2D eigenvalue weighted by atomic mass is 35.5. The zero-order valence-electron chi connectivity index (χ0n) is 9.27. The van der Waals surface area contributed by atoms with E-state index in [0.717, 1.165) is 0 Å². The fourth-order valence-corrected chi connectivity index (χ4v) is 1.44. The molecule has 0 heterocycles. The van der Waals surface area contributed by atoms with Crippen molar-refractivity contribution in [2.75, 3.05) is 13.2 Å². The Morgan fingerprint density at radius 3 is 2.65 bits per heavy atom. The number of benzene rings is 1. The molecule has 0 saturated heterocycles. The lowest BCUT2D eigenvalue weighted by Gasteiger charge is -2.13. The van der Waals surface area contributed by atoms with E-state index in [1.54, 1.807) is 6.07 Å². The molecule has 0 aliphatic rings. The topological polar surface area (TPSA) is 21.3 Å². The molecule has 6 heteroatoms. The fourth-order valence-electron chi connectivity index (χ4n) is 1.25. The van der Waals surface area contributed by atoms with Crippen molar-refractivity contribution in [3.63, 3.8) is 0 Å². The summed E-state index contributed by atoms with van der Waals surface area (Å²) >= 11 is 5.78. The van der Waals surface area contributed by atoms with Gasteiger partial charge in [-0.3, -0.25) is 0 Å². The van der Waals surface area contributed by atoms with Crippen LogP contribution in [-0.2, 0) is 6.54 Å². The van der Waals surface area contributed by atoms with Gasteiger partial charge < -0.3 is 10.1 Å². The first-order chi connectivity index (χ1) is 7.92. The van der Waals surface area contributed by atoms with Crippen LogP contribution in [0.4, 0.5) is 13.2 Å². The van der Waals surface area contributed by atoms with Gasteiger partial charge in [-0.1, -0.05) is 18.5 Å². The van der Waals surface area contributed by atoms with Crippen molar-refractivity contribution in [3.8, 4) is 5.75 Å². The molecule has 1 aromatic rings. The van der Waals surface area contributed by atoms with Crippen LogP contribution in [0.2, 0.25) is 5.02 Å². The summed E-state index contributed by atoms with van der Waals surface area (Å²) < 4.78 is 40.8. The molecule has 0 amide bonds. The molecule has 1 N–H and O–H groups in total. The minimum atomic E-state index is -4.34. The third kappa shape index (κ3) is 5.28. The lowest BCUT2D eigenvalue weighted by molar-refractivity contribution is -0.153. The Morgan fingerprint density at radius 1 is 1.35 bits per heavy atom. The summed E-state index contributed by atoms with van der Waals surface area (Å²) in [4.78, 5) is 0. The van der Waals surface area contributed by atoms with Crippen LogP contribution in [0.25, 0.3) is 0 Å². The van der Waals surface area contributed by atoms with Gasteiger partial charge in [0, 0.05) is 17.1 Å². The van der Waals surface area contributed by atoms with Crippen molar-refractivity contribution in [2.24, 2.45) is 0 Å². The molecule has 0 aliphatic carbocycles. The highest BCUT2D eigenvalue weighted by Gasteiger charge is 2.28. The van der Waals surface area contributed by atoms with E-state index in [4.69, 9.17) is 16.3 Å². The molecule has 0 spiro atoms. The molecule has 1 rings (SSSR count). The second-order valence-electron chi connectivity index (χ2n) is 3.44. The first-order valence-electron chi connectivity index (χ1n) is 5.11. The van der Waals surface area contributed by atoms with Crippen LogP contribution in [0.15, 0.2) is 18.2 Å². The Bertz CT molecular complexity index is 368. The number of rotatable bonds is 5. The quantitative estimate of drug-likeness (QED) is 0.883. The van der Waals surface area contributed by atoms with Gasteiger partial charge in [0.15, 0.2) is 6.61 Å². The zero-order valence-corrected chi connectivity index (χ0v) is 10.0. The van der Waals surface area contributed by atoms with Gasteiger partial charge in [0.2, 0.25) is 0 Å². The van der Waals surface area contributed by atoms with Crippen LogP contribution < -0.4 is 10.1 Å². The van der Waals surface area contributed by atoms with Gasteiger partial charge in [0.05, 0.1) is 0 Å². The normalized spacial score (nSPS) is 11.6. The van der Waals surface area contributed by atoms with E-state index in [1.807, 2.05) is 6.92 Å². The molecule has 0 radical (unpaired) electrons. The maximum atomic E-state index is 12.0. The molecule has 1 aromatic carbocycles. The summed E-state index contributed by atoms with van der Waals surface area (Å²) in [5.74, 6) is 0.202. The molecule has 0 fully saturated rings. The lowest BCUT2D eigenvalue weighted by atomic mass is 10.2. The Kier molecular flexibility index (Phi) is 5.08. The third-order valence-electron chi connectivity index (χ3n) is 1.98. The van der Waals surface area contributed by atoms with E-state index < -0.39 is 12.8 Å². The maximum absolute atomic E-state index is 12.0. The van der Waals surface area contributed by atoms with Crippen LogP contribution in [0.3, 0.4) is 0 Å². The number of hydrogen-bond donors (Lipinski definition) is 1. The van der Waals surface area contributed by atoms with Crippen molar-refractivity contribution < 1.29 is 17.9 Å². The van der Waals surface area contributed by atoms with Crippen molar-refractivity contribution in [3.05, 3.63) is 28.8 Å². The minimum Gasteiger partial charge on any atom is -0.484 e. The summed E-state index contributed by atoms with van der Waals surface area (Å²) in [6, 6.07) is 4.54. The zero-order chi connectivity index (χ0) is 12.9. The van der Waals surface area contributed by atoms with E-state index >= 15 is 0 Å². The summed E-state index contributed by atoms with van der Waals surface area (Å²) in [5, 5.41) is 3.48. The van der Waals surface area contributed by atoms with Gasteiger partial charge in [-0.25, -0.2) is 0 Å². The van der Waals surface area contributed by atoms with E-state index in [2.05, 4.69) is 5.32 Å². The molecule has 0 bridgehead atoms. The fraction of sp³-hybridized carbons (Fsp3) is 0.455. The van der Waals surface area contributed by atoms with Gasteiger partial charge in [-0.15, -0.1) is 0 Å². The highest BCUT2D eigenvalue weighted by molar-refractivity contribution is 6.30. The largest absolute Gasteiger partial charge is 0.484 e. The van der Waals surface area contributed by atoms with Crippen LogP contribution in [0.1, 0.15) is 12.5 Å². The molecule has 0 unspecified atom stereocenters. The molecule has 0 aliphatic heterocycles. The van der Waals surface area contributed by atoms with Gasteiger partial charge in [-0.05, 0) is 24.7 Å². The van der Waals surface area contributed by atoms with Crippen molar-refractivity contribution in [1.29, 1.82) is 0 Å². The Labute approximate surface area is 103 Å². The van der Waals surface area contributed by atoms with E-state index in [-0.39, 0.29) is 5.75 Å². The number of nitrogens with one attached hydrogen (secondary N) is 1. The van der Waals surface area contributed by atoms with Gasteiger partial charge in [0.1, 0.15) is 5.75 Å². The molecule has 0 aromatic heterocycles. The number of hydrogen-bond acceptors (Lipinski definition) is 2. The van der Waals surface area contributed by atoms with Gasteiger partial charge >= 0.3 is 6.18 Å². The van der Waals surface area contributed by atoms with Crippen LogP contribution in [0, 0.1) is 0 Å². The average molecular weight is 268 g/mol. The summed E-state index contributed by atoms with van der Waals surface area (Å²) in [6.07, 6.45) is -4.34. The Morgan fingerprint density at radius 2 is 2.06 bits per heavy atom. The monoisotopic (exact) mass is 267 g/mol. The summed E-state index contributed by atoms with van der Waals surface area (Å²) in [6.45, 7) is 1.74. The van der Waals surface area contributed by atoms with Gasteiger partial charge in [0.25, 0.3) is 0 Å². The SMILES string of the molecule is CCNCc1cc(Cl)ccc1OCC(F)(F)F. The van der Waals surface area contributed by atoms with Crippen molar-refractivity contribution >= 4 is 11.6 Å². The highest BCUT2D eigenvalue weighted by Crippen LogP contribution is 2.25. The number of ether oxygens (including phenoxy) is 1.